The Morgan fingerprint density at radius 1 is 0.530 bits per heavy atom. The highest BCUT2D eigenvalue weighted by Crippen LogP contribution is 2.38. The van der Waals surface area contributed by atoms with Crippen LogP contribution in [0, 0.1) is 0 Å². The number of carbonyl (C=O) groups is 1. The van der Waals surface area contributed by atoms with Crippen molar-refractivity contribution in [3.05, 3.63) is 24.3 Å². The molecule has 0 aliphatic heterocycles. The molecule has 0 aromatic carbocycles. The average molecular weight is 954 g/mol. The Morgan fingerprint density at radius 3 is 1.29 bits per heavy atom. The topological polar surface area (TPSA) is 108 Å². The molecule has 0 heterocycles. The monoisotopic (exact) mass is 953 g/mol. The van der Waals surface area contributed by atoms with Gasteiger partial charge in [0.25, 0.3) is 7.82 Å². The third-order valence-electron chi connectivity index (χ3n) is 13.2. The number of phosphoric acid groups is 1. The van der Waals surface area contributed by atoms with Gasteiger partial charge in [-0.2, -0.15) is 0 Å². The first-order chi connectivity index (χ1) is 32.0. The number of phosphoric ester groups is 1. The summed E-state index contributed by atoms with van der Waals surface area (Å²) in [6.45, 7) is 4.71. The van der Waals surface area contributed by atoms with Crippen LogP contribution in [-0.4, -0.2) is 68.5 Å². The van der Waals surface area contributed by atoms with Gasteiger partial charge >= 0.3 is 0 Å². The Morgan fingerprint density at radius 2 is 0.879 bits per heavy atom. The van der Waals surface area contributed by atoms with Gasteiger partial charge in [-0.1, -0.05) is 256 Å². The summed E-state index contributed by atoms with van der Waals surface area (Å²) in [7, 11) is 1.30. The maximum atomic E-state index is 12.9. The molecule has 0 saturated carbocycles. The Labute approximate surface area is 411 Å². The van der Waals surface area contributed by atoms with E-state index in [1.54, 1.807) is 0 Å². The molecule has 0 rings (SSSR count). The van der Waals surface area contributed by atoms with Crippen molar-refractivity contribution in [3.63, 3.8) is 0 Å². The molecule has 3 unspecified atom stereocenters. The molecule has 0 bridgehead atoms. The molecule has 66 heavy (non-hydrogen) atoms. The molecule has 0 aliphatic rings. The van der Waals surface area contributed by atoms with Crippen LogP contribution in [0.5, 0.6) is 0 Å². The molecule has 8 nitrogen and oxygen atoms in total. The Balaban J connectivity index is 4.07. The lowest BCUT2D eigenvalue weighted by molar-refractivity contribution is -0.870. The quantitative estimate of drug-likeness (QED) is 0.0272. The summed E-state index contributed by atoms with van der Waals surface area (Å²) in [5, 5.41) is 14.0. The van der Waals surface area contributed by atoms with E-state index in [1.165, 1.54) is 193 Å². The zero-order valence-electron chi connectivity index (χ0n) is 44.7. The lowest BCUT2D eigenvalue weighted by atomic mass is 10.0. The minimum Gasteiger partial charge on any atom is -0.756 e. The fourth-order valence-electron chi connectivity index (χ4n) is 8.66. The van der Waals surface area contributed by atoms with Gasteiger partial charge in [0, 0.05) is 6.42 Å². The summed E-state index contributed by atoms with van der Waals surface area (Å²) >= 11 is 0. The van der Waals surface area contributed by atoms with E-state index in [2.05, 4.69) is 43.5 Å². The molecule has 0 spiro atoms. The zero-order valence-corrected chi connectivity index (χ0v) is 45.6. The van der Waals surface area contributed by atoms with Crippen molar-refractivity contribution in [2.24, 2.45) is 0 Å². The second-order valence-corrected chi connectivity index (χ2v) is 22.4. The molecule has 0 aromatic heterocycles. The number of rotatable bonds is 53. The van der Waals surface area contributed by atoms with E-state index in [0.717, 1.165) is 64.2 Å². The van der Waals surface area contributed by atoms with Crippen LogP contribution in [0.2, 0.25) is 0 Å². The largest absolute Gasteiger partial charge is 0.756 e. The van der Waals surface area contributed by atoms with Crippen molar-refractivity contribution in [1.82, 2.24) is 5.32 Å². The van der Waals surface area contributed by atoms with Gasteiger partial charge in [0.2, 0.25) is 5.91 Å². The highest BCUT2D eigenvalue weighted by Gasteiger charge is 2.24. The number of unbranched alkanes of at least 4 members (excludes halogenated alkanes) is 36. The van der Waals surface area contributed by atoms with E-state index in [0.29, 0.717) is 23.9 Å². The maximum Gasteiger partial charge on any atom is 0.268 e. The normalized spacial score (nSPS) is 14.1. The zero-order chi connectivity index (χ0) is 48.5. The summed E-state index contributed by atoms with van der Waals surface area (Å²) < 4.78 is 23.4. The standard InChI is InChI=1S/C57H113N2O6P/c1-6-8-10-12-14-16-18-20-22-23-24-25-26-27-28-29-30-31-32-33-34-35-37-38-40-42-44-46-48-50-56(60)55(54-65-66(62,63)64-53-52-59(3,4)5)58-57(61)51-49-47-45-43-41-39-36-21-19-17-15-13-11-9-7-2/h15,17,21,36,55-56,60H,6-14,16,18-20,22-35,37-54H2,1-5H3,(H-,58,61,62,63)/b17-15-,36-21-. The van der Waals surface area contributed by atoms with Crippen LogP contribution in [0.3, 0.4) is 0 Å². The summed E-state index contributed by atoms with van der Waals surface area (Å²) in [5.41, 5.74) is 0. The smallest absolute Gasteiger partial charge is 0.268 e. The summed E-state index contributed by atoms with van der Waals surface area (Å²) in [4.78, 5) is 25.5. The molecule has 0 fully saturated rings. The second-order valence-electron chi connectivity index (χ2n) is 21.0. The number of quaternary nitrogens is 1. The molecule has 392 valence electrons. The number of likely N-dealkylation sites (N-methyl/N-ethyl adjacent to an activating group) is 1. The van der Waals surface area contributed by atoms with Crippen LogP contribution in [0.4, 0.5) is 0 Å². The number of hydrogen-bond acceptors (Lipinski definition) is 6. The molecular formula is C57H113N2O6P. The van der Waals surface area contributed by atoms with Gasteiger partial charge in [-0.3, -0.25) is 9.36 Å². The number of aliphatic hydroxyl groups excluding tert-OH is 1. The van der Waals surface area contributed by atoms with Crippen molar-refractivity contribution < 1.29 is 32.9 Å². The molecule has 9 heteroatoms. The summed E-state index contributed by atoms with van der Waals surface area (Å²) in [6.07, 6.45) is 60.8. The predicted octanol–water partition coefficient (Wildman–Crippen LogP) is 16.6. The van der Waals surface area contributed by atoms with E-state index in [1.807, 2.05) is 21.1 Å². The van der Waals surface area contributed by atoms with E-state index in [-0.39, 0.29) is 19.1 Å². The highest BCUT2D eigenvalue weighted by molar-refractivity contribution is 7.45. The van der Waals surface area contributed by atoms with Crippen molar-refractivity contribution in [2.75, 3.05) is 40.9 Å². The van der Waals surface area contributed by atoms with Crippen molar-refractivity contribution >= 4 is 13.7 Å². The van der Waals surface area contributed by atoms with Crippen molar-refractivity contribution in [3.8, 4) is 0 Å². The van der Waals surface area contributed by atoms with Crippen molar-refractivity contribution in [1.29, 1.82) is 0 Å². The lowest BCUT2D eigenvalue weighted by Gasteiger charge is -2.30. The number of nitrogens with one attached hydrogen (secondary N) is 1. The Kier molecular flexibility index (Phi) is 48.2. The first-order valence-electron chi connectivity index (χ1n) is 28.7. The summed E-state index contributed by atoms with van der Waals surface area (Å²) in [6, 6.07) is -0.807. The van der Waals surface area contributed by atoms with Gasteiger partial charge in [0.15, 0.2) is 0 Å². The molecule has 2 N–H and O–H groups in total. The molecule has 3 atom stereocenters. The third-order valence-corrected chi connectivity index (χ3v) is 14.2. The number of aliphatic hydroxyl groups is 1. The lowest BCUT2D eigenvalue weighted by Crippen LogP contribution is -2.46. The number of allylic oxidation sites excluding steroid dienone is 4. The SMILES string of the molecule is CCCCC/C=C\C/C=C\CCCCCCCC(=O)NC(COP(=O)([O-])OCC[N+](C)(C)C)C(O)CCCCCCCCCCCCCCCCCCCCCCCCCCCCCCC. The molecule has 0 saturated heterocycles. The minimum absolute atomic E-state index is 0.0103. The van der Waals surface area contributed by atoms with Crippen LogP contribution >= 0.6 is 7.82 Å². The Hall–Kier alpha value is -1.02. The fraction of sp³-hybridized carbons (Fsp3) is 0.912. The second kappa shape index (κ2) is 49.0. The molecule has 1 amide bonds. The van der Waals surface area contributed by atoms with E-state index in [4.69, 9.17) is 9.05 Å². The van der Waals surface area contributed by atoms with E-state index in [9.17, 15) is 19.4 Å². The number of nitrogens with zero attached hydrogens (tertiary/aromatic N) is 1. The Bertz CT molecular complexity index is 1130. The molecule has 0 aliphatic carbocycles. The predicted molar refractivity (Wildman–Crippen MR) is 284 cm³/mol. The van der Waals surface area contributed by atoms with Crippen molar-refractivity contribution in [2.45, 2.75) is 296 Å². The molecule has 0 aromatic rings. The third kappa shape index (κ3) is 50.8. The van der Waals surface area contributed by atoms with Crippen LogP contribution in [0.15, 0.2) is 24.3 Å². The first-order valence-corrected chi connectivity index (χ1v) is 30.1. The van der Waals surface area contributed by atoms with Crippen LogP contribution in [0.25, 0.3) is 0 Å². The maximum absolute atomic E-state index is 12.9. The van der Waals surface area contributed by atoms with Gasteiger partial charge in [0.05, 0.1) is 39.9 Å². The van der Waals surface area contributed by atoms with Gasteiger partial charge in [-0.25, -0.2) is 0 Å². The minimum atomic E-state index is -4.57. The number of carbonyl (C=O) groups excluding carboxylic acids is 1. The number of amides is 1. The van der Waals surface area contributed by atoms with Gasteiger partial charge in [-0.15, -0.1) is 0 Å². The number of hydrogen-bond donors (Lipinski definition) is 2. The van der Waals surface area contributed by atoms with Gasteiger partial charge < -0.3 is 28.8 Å². The van der Waals surface area contributed by atoms with E-state index >= 15 is 0 Å². The fourth-order valence-corrected chi connectivity index (χ4v) is 9.38. The highest BCUT2D eigenvalue weighted by atomic mass is 31.2. The van der Waals surface area contributed by atoms with E-state index < -0.39 is 20.0 Å². The summed E-state index contributed by atoms with van der Waals surface area (Å²) in [5.74, 6) is -0.175. The van der Waals surface area contributed by atoms with Gasteiger partial charge in [-0.05, 0) is 44.9 Å². The molecular weight excluding hydrogens is 840 g/mol. The van der Waals surface area contributed by atoms with Gasteiger partial charge in [0.1, 0.15) is 13.2 Å². The average Bonchev–Trinajstić information content (AvgIpc) is 3.28. The van der Waals surface area contributed by atoms with Crippen LogP contribution in [-0.2, 0) is 18.4 Å². The molecule has 0 radical (unpaired) electrons. The first kappa shape index (κ1) is 65.0. The van der Waals surface area contributed by atoms with Crippen LogP contribution < -0.4 is 10.2 Å². The van der Waals surface area contributed by atoms with Crippen LogP contribution in [0.1, 0.15) is 284 Å².